The van der Waals surface area contributed by atoms with E-state index in [1.54, 1.807) is 32.4 Å². The maximum Gasteiger partial charge on any atom is 0.257 e. The van der Waals surface area contributed by atoms with Crippen molar-refractivity contribution in [2.24, 2.45) is 0 Å². The van der Waals surface area contributed by atoms with Gasteiger partial charge in [-0.05, 0) is 18.6 Å². The maximum absolute atomic E-state index is 11.5. The molecule has 1 N–H and O–H groups in total. The van der Waals surface area contributed by atoms with Crippen LogP contribution in [0.4, 0.5) is 0 Å². The summed E-state index contributed by atoms with van der Waals surface area (Å²) in [5.74, 6) is 1.36. The second-order valence-corrected chi connectivity index (χ2v) is 3.63. The van der Waals surface area contributed by atoms with Gasteiger partial charge in [0.05, 0.1) is 14.2 Å². The summed E-state index contributed by atoms with van der Waals surface area (Å²) in [6, 6.07) is 5.30. The summed E-state index contributed by atoms with van der Waals surface area (Å²) in [6.07, 6.45) is 0.893. The van der Waals surface area contributed by atoms with Gasteiger partial charge >= 0.3 is 0 Å². The SMILES string of the molecule is CCCNC(=O)COc1c(OC)cccc1OC. The molecule has 1 aromatic carbocycles. The minimum absolute atomic E-state index is 0.0588. The Hall–Kier alpha value is -1.91. The fraction of sp³-hybridized carbons (Fsp3) is 0.462. The number of nitrogens with one attached hydrogen (secondary N) is 1. The number of ether oxygens (including phenoxy) is 3. The summed E-state index contributed by atoms with van der Waals surface area (Å²) < 4.78 is 15.8. The third kappa shape index (κ3) is 3.84. The van der Waals surface area contributed by atoms with Crippen molar-refractivity contribution < 1.29 is 19.0 Å². The second-order valence-electron chi connectivity index (χ2n) is 3.63. The molecule has 0 fully saturated rings. The van der Waals surface area contributed by atoms with Crippen molar-refractivity contribution in [1.82, 2.24) is 5.32 Å². The van der Waals surface area contributed by atoms with Crippen LogP contribution in [0.1, 0.15) is 13.3 Å². The highest BCUT2D eigenvalue weighted by molar-refractivity contribution is 5.77. The van der Waals surface area contributed by atoms with Crippen molar-refractivity contribution in [1.29, 1.82) is 0 Å². The number of carbonyl (C=O) groups excluding carboxylic acids is 1. The Morgan fingerprint density at radius 2 is 1.83 bits per heavy atom. The Balaban J connectivity index is 2.68. The van der Waals surface area contributed by atoms with Gasteiger partial charge in [0.2, 0.25) is 5.75 Å². The molecule has 0 bridgehead atoms. The summed E-state index contributed by atoms with van der Waals surface area (Å²) in [5, 5.41) is 2.73. The highest BCUT2D eigenvalue weighted by Crippen LogP contribution is 2.36. The first-order valence-corrected chi connectivity index (χ1v) is 5.83. The van der Waals surface area contributed by atoms with Crippen LogP contribution < -0.4 is 19.5 Å². The van der Waals surface area contributed by atoms with E-state index < -0.39 is 0 Å². The van der Waals surface area contributed by atoms with E-state index in [9.17, 15) is 4.79 Å². The van der Waals surface area contributed by atoms with Crippen molar-refractivity contribution in [2.75, 3.05) is 27.4 Å². The Bertz CT molecular complexity index is 370. The van der Waals surface area contributed by atoms with Crippen molar-refractivity contribution >= 4 is 5.91 Å². The van der Waals surface area contributed by atoms with E-state index in [0.717, 1.165) is 6.42 Å². The lowest BCUT2D eigenvalue weighted by Crippen LogP contribution is -2.29. The van der Waals surface area contributed by atoms with Gasteiger partial charge in [0.15, 0.2) is 18.1 Å². The van der Waals surface area contributed by atoms with Gasteiger partial charge in [-0.25, -0.2) is 0 Å². The zero-order valence-electron chi connectivity index (χ0n) is 11.0. The molecule has 0 aliphatic carbocycles. The molecule has 5 nitrogen and oxygen atoms in total. The van der Waals surface area contributed by atoms with E-state index in [-0.39, 0.29) is 12.5 Å². The van der Waals surface area contributed by atoms with E-state index in [1.807, 2.05) is 6.92 Å². The van der Waals surface area contributed by atoms with Crippen molar-refractivity contribution in [2.45, 2.75) is 13.3 Å². The predicted octanol–water partition coefficient (Wildman–Crippen LogP) is 1.61. The average molecular weight is 253 g/mol. The van der Waals surface area contributed by atoms with Crippen molar-refractivity contribution in [3.63, 3.8) is 0 Å². The predicted molar refractivity (Wildman–Crippen MR) is 68.3 cm³/mol. The molecular formula is C13H19NO4. The first-order chi connectivity index (χ1) is 8.72. The number of carbonyl (C=O) groups is 1. The largest absolute Gasteiger partial charge is 0.493 e. The van der Waals surface area contributed by atoms with Crippen LogP contribution in [0.3, 0.4) is 0 Å². The fourth-order valence-electron chi connectivity index (χ4n) is 1.41. The molecule has 18 heavy (non-hydrogen) atoms. The molecule has 0 saturated carbocycles. The van der Waals surface area contributed by atoms with E-state index >= 15 is 0 Å². The monoisotopic (exact) mass is 253 g/mol. The molecule has 5 heteroatoms. The van der Waals surface area contributed by atoms with Gasteiger partial charge in [0.1, 0.15) is 0 Å². The van der Waals surface area contributed by atoms with Gasteiger partial charge in [0.25, 0.3) is 5.91 Å². The van der Waals surface area contributed by atoms with Crippen LogP contribution in [0.15, 0.2) is 18.2 Å². The molecule has 0 aliphatic rings. The lowest BCUT2D eigenvalue weighted by Gasteiger charge is -2.13. The first kappa shape index (κ1) is 14.2. The van der Waals surface area contributed by atoms with Crippen LogP contribution in [-0.2, 0) is 4.79 Å². The van der Waals surface area contributed by atoms with E-state index in [0.29, 0.717) is 23.8 Å². The average Bonchev–Trinajstić information content (AvgIpc) is 2.42. The Labute approximate surface area is 107 Å². The molecule has 0 unspecified atom stereocenters. The van der Waals surface area contributed by atoms with Gasteiger partial charge in [-0.15, -0.1) is 0 Å². The summed E-state index contributed by atoms with van der Waals surface area (Å²) in [6.45, 7) is 2.58. The number of hydrogen-bond donors (Lipinski definition) is 1. The highest BCUT2D eigenvalue weighted by atomic mass is 16.5. The third-order valence-electron chi connectivity index (χ3n) is 2.30. The highest BCUT2D eigenvalue weighted by Gasteiger charge is 2.12. The number of methoxy groups -OCH3 is 2. The zero-order valence-corrected chi connectivity index (χ0v) is 11.0. The van der Waals surface area contributed by atoms with Crippen molar-refractivity contribution in [3.05, 3.63) is 18.2 Å². The Morgan fingerprint density at radius 1 is 1.22 bits per heavy atom. The van der Waals surface area contributed by atoms with Crippen LogP contribution in [-0.4, -0.2) is 33.3 Å². The maximum atomic E-state index is 11.5. The molecule has 0 atom stereocenters. The molecule has 1 rings (SSSR count). The number of rotatable bonds is 7. The molecular weight excluding hydrogens is 234 g/mol. The topological polar surface area (TPSA) is 56.8 Å². The Morgan fingerprint density at radius 3 is 2.33 bits per heavy atom. The minimum Gasteiger partial charge on any atom is -0.493 e. The molecule has 0 heterocycles. The minimum atomic E-state index is -0.162. The standard InChI is InChI=1S/C13H19NO4/c1-4-8-14-12(15)9-18-13-10(16-2)6-5-7-11(13)17-3/h5-7H,4,8-9H2,1-3H3,(H,14,15). The van der Waals surface area contributed by atoms with Gasteiger partial charge in [-0.3, -0.25) is 4.79 Å². The van der Waals surface area contributed by atoms with Crippen LogP contribution in [0.5, 0.6) is 17.2 Å². The number of benzene rings is 1. The lowest BCUT2D eigenvalue weighted by atomic mass is 10.3. The van der Waals surface area contributed by atoms with Crippen LogP contribution >= 0.6 is 0 Å². The number of amides is 1. The Kier molecular flexibility index (Phi) is 5.84. The molecule has 1 amide bonds. The molecule has 0 radical (unpaired) electrons. The second kappa shape index (κ2) is 7.42. The lowest BCUT2D eigenvalue weighted by molar-refractivity contribution is -0.123. The number of para-hydroxylation sites is 1. The summed E-state index contributed by atoms with van der Waals surface area (Å²) >= 11 is 0. The van der Waals surface area contributed by atoms with Gasteiger partial charge in [-0.1, -0.05) is 13.0 Å². The third-order valence-corrected chi connectivity index (χ3v) is 2.30. The molecule has 0 spiro atoms. The van der Waals surface area contributed by atoms with Gasteiger partial charge in [0, 0.05) is 6.54 Å². The number of hydrogen-bond acceptors (Lipinski definition) is 4. The molecule has 1 aromatic rings. The molecule has 0 saturated heterocycles. The normalized spacial score (nSPS) is 9.72. The van der Waals surface area contributed by atoms with Gasteiger partial charge in [-0.2, -0.15) is 0 Å². The first-order valence-electron chi connectivity index (χ1n) is 5.83. The van der Waals surface area contributed by atoms with Crippen molar-refractivity contribution in [3.8, 4) is 17.2 Å². The van der Waals surface area contributed by atoms with Crippen LogP contribution in [0.25, 0.3) is 0 Å². The van der Waals surface area contributed by atoms with Crippen LogP contribution in [0.2, 0.25) is 0 Å². The molecule has 100 valence electrons. The smallest absolute Gasteiger partial charge is 0.257 e. The van der Waals surface area contributed by atoms with Gasteiger partial charge < -0.3 is 19.5 Å². The summed E-state index contributed by atoms with van der Waals surface area (Å²) in [7, 11) is 3.08. The molecule has 0 aliphatic heterocycles. The van der Waals surface area contributed by atoms with E-state index in [4.69, 9.17) is 14.2 Å². The fourth-order valence-corrected chi connectivity index (χ4v) is 1.41. The van der Waals surface area contributed by atoms with E-state index in [2.05, 4.69) is 5.32 Å². The summed E-state index contributed by atoms with van der Waals surface area (Å²) in [4.78, 5) is 11.5. The molecule has 0 aromatic heterocycles. The van der Waals surface area contributed by atoms with E-state index in [1.165, 1.54) is 0 Å². The quantitative estimate of drug-likeness (QED) is 0.802. The summed E-state index contributed by atoms with van der Waals surface area (Å²) in [5.41, 5.74) is 0. The zero-order chi connectivity index (χ0) is 13.4. The van der Waals surface area contributed by atoms with Crippen LogP contribution in [0, 0.1) is 0 Å².